The molecule has 2 heterocycles. The predicted molar refractivity (Wildman–Crippen MR) is 107 cm³/mol. The first-order valence-electron chi connectivity index (χ1n) is 8.11. The highest BCUT2D eigenvalue weighted by Crippen LogP contribution is 2.32. The van der Waals surface area contributed by atoms with Crippen LogP contribution in [0.2, 0.25) is 0 Å². The van der Waals surface area contributed by atoms with E-state index in [2.05, 4.69) is 33.4 Å². The van der Waals surface area contributed by atoms with Crippen molar-refractivity contribution in [2.24, 2.45) is 0 Å². The van der Waals surface area contributed by atoms with Crippen molar-refractivity contribution in [1.82, 2.24) is 15.0 Å². The van der Waals surface area contributed by atoms with Crippen molar-refractivity contribution in [2.45, 2.75) is 0 Å². The first kappa shape index (κ1) is 21.3. The summed E-state index contributed by atoms with van der Waals surface area (Å²) in [4.78, 5) is 12.5. The smallest absolute Gasteiger partial charge is 0.179 e. The van der Waals surface area contributed by atoms with Crippen molar-refractivity contribution >= 4 is 28.7 Å². The van der Waals surface area contributed by atoms with E-state index in [1.54, 1.807) is 25.6 Å². The Morgan fingerprint density at radius 1 is 1.25 bits per heavy atom. The summed E-state index contributed by atoms with van der Waals surface area (Å²) < 4.78 is 29.8. The molecule has 0 atom stereocenters. The second-order valence-electron chi connectivity index (χ2n) is 5.36. The fraction of sp³-hybridized carbons (Fsp3) is 0.211. The second kappa shape index (κ2) is 10.4. The number of ether oxygens (including phenoxy) is 3. The number of allylic oxidation sites excluding steroid dienone is 4. The van der Waals surface area contributed by atoms with Gasteiger partial charge < -0.3 is 19.5 Å². The quantitative estimate of drug-likeness (QED) is 0.466. The summed E-state index contributed by atoms with van der Waals surface area (Å²) in [5.74, 6) is 0.444. The van der Waals surface area contributed by atoms with Gasteiger partial charge in [-0.3, -0.25) is 4.98 Å². The molecular weight excluding hydrogens is 387 g/mol. The third-order valence-electron chi connectivity index (χ3n) is 3.39. The lowest BCUT2D eigenvalue weighted by atomic mass is 10.2. The zero-order valence-corrected chi connectivity index (χ0v) is 16.3. The number of anilines is 2. The number of hydrogen-bond donors (Lipinski definition) is 1. The molecular formula is C19H20ClFN4O3. The molecule has 0 saturated heterocycles. The molecule has 0 fully saturated rings. The molecule has 0 saturated carbocycles. The van der Waals surface area contributed by atoms with Gasteiger partial charge in [0.2, 0.25) is 0 Å². The Balaban J connectivity index is 2.40. The summed E-state index contributed by atoms with van der Waals surface area (Å²) >= 11 is 5.77. The van der Waals surface area contributed by atoms with Crippen LogP contribution < -0.4 is 14.8 Å². The van der Waals surface area contributed by atoms with Crippen molar-refractivity contribution in [3.63, 3.8) is 0 Å². The summed E-state index contributed by atoms with van der Waals surface area (Å²) in [6, 6.07) is 1.70. The normalized spacial score (nSPS) is 11.1. The molecule has 28 heavy (non-hydrogen) atoms. The molecule has 0 aliphatic carbocycles. The molecule has 148 valence electrons. The fourth-order valence-corrected chi connectivity index (χ4v) is 2.23. The van der Waals surface area contributed by atoms with Gasteiger partial charge in [-0.15, -0.1) is 0 Å². The molecule has 0 unspecified atom stereocenters. The highest BCUT2D eigenvalue weighted by Gasteiger charge is 2.15. The molecule has 0 aromatic carbocycles. The molecule has 2 aromatic rings. The van der Waals surface area contributed by atoms with Crippen LogP contribution >= 0.6 is 11.6 Å². The number of methoxy groups -OCH3 is 2. The largest absolute Gasteiger partial charge is 0.491 e. The number of rotatable bonds is 10. The van der Waals surface area contributed by atoms with E-state index in [1.807, 2.05) is 0 Å². The minimum Gasteiger partial charge on any atom is -0.491 e. The summed E-state index contributed by atoms with van der Waals surface area (Å²) in [6.45, 7) is 7.58. The number of nitrogens with one attached hydrogen (secondary N) is 1. The van der Waals surface area contributed by atoms with E-state index in [4.69, 9.17) is 25.8 Å². The molecule has 7 nitrogen and oxygen atoms in total. The average molecular weight is 407 g/mol. The van der Waals surface area contributed by atoms with Crippen molar-refractivity contribution < 1.29 is 18.6 Å². The van der Waals surface area contributed by atoms with E-state index in [9.17, 15) is 4.39 Å². The van der Waals surface area contributed by atoms with Gasteiger partial charge in [-0.2, -0.15) is 0 Å². The zero-order chi connectivity index (χ0) is 20.5. The van der Waals surface area contributed by atoms with Crippen LogP contribution in [0.15, 0.2) is 54.7 Å². The summed E-state index contributed by atoms with van der Waals surface area (Å²) in [6.07, 6.45) is 5.84. The van der Waals surface area contributed by atoms with Gasteiger partial charge in [0.1, 0.15) is 12.4 Å². The van der Waals surface area contributed by atoms with Gasteiger partial charge in [-0.1, -0.05) is 24.8 Å². The van der Waals surface area contributed by atoms with Gasteiger partial charge in [0, 0.05) is 18.3 Å². The lowest BCUT2D eigenvalue weighted by molar-refractivity contribution is 0.146. The van der Waals surface area contributed by atoms with Gasteiger partial charge in [0.15, 0.2) is 23.1 Å². The Morgan fingerprint density at radius 3 is 2.68 bits per heavy atom. The van der Waals surface area contributed by atoms with Crippen molar-refractivity contribution in [2.75, 3.05) is 32.8 Å². The van der Waals surface area contributed by atoms with E-state index in [1.165, 1.54) is 19.4 Å². The van der Waals surface area contributed by atoms with E-state index in [-0.39, 0.29) is 16.4 Å². The van der Waals surface area contributed by atoms with Crippen LogP contribution in [0, 0.1) is 0 Å². The molecule has 0 aliphatic rings. The van der Waals surface area contributed by atoms with E-state index >= 15 is 0 Å². The van der Waals surface area contributed by atoms with Crippen LogP contribution in [0.4, 0.5) is 15.9 Å². The zero-order valence-electron chi connectivity index (χ0n) is 15.5. The van der Waals surface area contributed by atoms with Crippen molar-refractivity contribution in [3.8, 4) is 11.5 Å². The predicted octanol–water partition coefficient (Wildman–Crippen LogP) is 4.27. The topological polar surface area (TPSA) is 78.4 Å². The number of pyridine rings is 1. The van der Waals surface area contributed by atoms with Crippen LogP contribution in [0.3, 0.4) is 0 Å². The SMILES string of the molecule is C=C(Cl)/C=C(\C(=C)F)c1ncc(OC)c(Nc2ccncc2OCCOC)n1. The molecule has 2 rings (SSSR count). The van der Waals surface area contributed by atoms with Gasteiger partial charge in [0.05, 0.1) is 37.4 Å². The summed E-state index contributed by atoms with van der Waals surface area (Å²) in [5.41, 5.74) is 0.595. The van der Waals surface area contributed by atoms with Crippen molar-refractivity contribution in [3.05, 3.63) is 60.6 Å². The van der Waals surface area contributed by atoms with E-state index < -0.39 is 5.83 Å². The summed E-state index contributed by atoms with van der Waals surface area (Å²) in [7, 11) is 3.05. The lowest BCUT2D eigenvalue weighted by Crippen LogP contribution is -2.07. The maximum absolute atomic E-state index is 13.9. The van der Waals surface area contributed by atoms with Gasteiger partial charge in [-0.05, 0) is 12.1 Å². The number of halogens is 2. The van der Waals surface area contributed by atoms with Crippen LogP contribution in [-0.4, -0.2) is 42.4 Å². The Bertz CT molecular complexity index is 889. The molecule has 0 aliphatic heterocycles. The third kappa shape index (κ3) is 5.77. The highest BCUT2D eigenvalue weighted by atomic mass is 35.5. The highest BCUT2D eigenvalue weighted by molar-refractivity contribution is 6.31. The molecule has 0 amide bonds. The van der Waals surface area contributed by atoms with Gasteiger partial charge >= 0.3 is 0 Å². The first-order chi connectivity index (χ1) is 13.5. The molecule has 9 heteroatoms. The Hall–Kier alpha value is -2.97. The molecule has 0 bridgehead atoms. The Morgan fingerprint density at radius 2 is 2.04 bits per heavy atom. The fourth-order valence-electron chi connectivity index (χ4n) is 2.12. The average Bonchev–Trinajstić information content (AvgIpc) is 2.67. The molecule has 0 spiro atoms. The Kier molecular flexibility index (Phi) is 7.91. The van der Waals surface area contributed by atoms with Crippen LogP contribution in [-0.2, 0) is 4.74 Å². The number of aromatic nitrogens is 3. The standard InChI is InChI=1S/C19H20ClFN4O3/c1-12(20)9-14(13(2)21)18-23-11-17(27-4)19(25-18)24-15-5-6-22-10-16(15)28-8-7-26-3/h5-6,9-11H,1-2,7-8H2,3-4H3,(H,22,23,24,25)/b14-9+. The molecule has 2 aromatic heterocycles. The second-order valence-corrected chi connectivity index (χ2v) is 5.84. The molecule has 1 N–H and O–H groups in total. The van der Waals surface area contributed by atoms with E-state index in [0.29, 0.717) is 36.2 Å². The van der Waals surface area contributed by atoms with Crippen LogP contribution in [0.25, 0.3) is 5.57 Å². The van der Waals surface area contributed by atoms with Crippen molar-refractivity contribution in [1.29, 1.82) is 0 Å². The number of nitrogens with zero attached hydrogens (tertiary/aromatic N) is 3. The molecule has 0 radical (unpaired) electrons. The third-order valence-corrected chi connectivity index (χ3v) is 3.50. The minimum atomic E-state index is -0.745. The van der Waals surface area contributed by atoms with Gasteiger partial charge in [0.25, 0.3) is 0 Å². The number of hydrogen-bond acceptors (Lipinski definition) is 7. The first-order valence-corrected chi connectivity index (χ1v) is 8.49. The van der Waals surface area contributed by atoms with Gasteiger partial charge in [-0.25, -0.2) is 14.4 Å². The maximum Gasteiger partial charge on any atom is 0.179 e. The van der Waals surface area contributed by atoms with E-state index in [0.717, 1.165) is 0 Å². The summed E-state index contributed by atoms with van der Waals surface area (Å²) in [5, 5.41) is 3.21. The monoisotopic (exact) mass is 406 g/mol. The van der Waals surface area contributed by atoms with Crippen LogP contribution in [0.5, 0.6) is 11.5 Å². The maximum atomic E-state index is 13.9. The minimum absolute atomic E-state index is 0.0111. The van der Waals surface area contributed by atoms with Crippen LogP contribution in [0.1, 0.15) is 5.82 Å². The lowest BCUT2D eigenvalue weighted by Gasteiger charge is -2.15. The Labute approximate surface area is 167 Å².